The minimum absolute atomic E-state index is 0.323. The molecule has 0 aliphatic carbocycles. The molecule has 3 rings (SSSR count). The Bertz CT molecular complexity index is 783. The van der Waals surface area contributed by atoms with Crippen LogP contribution in [0.1, 0.15) is 11.1 Å². The van der Waals surface area contributed by atoms with Crippen LogP contribution in [-0.4, -0.2) is 0 Å². The second kappa shape index (κ2) is 4.94. The molecule has 2 nitrogen and oxygen atoms in total. The van der Waals surface area contributed by atoms with Gasteiger partial charge in [-0.1, -0.05) is 54.6 Å². The zero-order valence-electron chi connectivity index (χ0n) is 10.2. The smallest absolute Gasteiger partial charge is 0.336 e. The van der Waals surface area contributed by atoms with Crippen molar-refractivity contribution in [3.8, 4) is 0 Å². The Balaban J connectivity index is 2.06. The molecule has 0 atom stereocenters. The van der Waals surface area contributed by atoms with Gasteiger partial charge in [0.15, 0.2) is 0 Å². The number of rotatable bonds is 2. The molecule has 0 bridgehead atoms. The third-order valence-corrected chi connectivity index (χ3v) is 2.95. The predicted octanol–water partition coefficient (Wildman–Crippen LogP) is 3.96. The average molecular weight is 248 g/mol. The Morgan fingerprint density at radius 3 is 2.47 bits per heavy atom. The highest BCUT2D eigenvalue weighted by Crippen LogP contribution is 2.19. The van der Waals surface area contributed by atoms with Gasteiger partial charge in [0.2, 0.25) is 0 Å². The molecule has 0 spiro atoms. The Hall–Kier alpha value is -2.61. The molecular weight excluding hydrogens is 236 g/mol. The van der Waals surface area contributed by atoms with Crippen LogP contribution in [0.5, 0.6) is 0 Å². The first-order chi connectivity index (χ1) is 9.33. The molecule has 19 heavy (non-hydrogen) atoms. The van der Waals surface area contributed by atoms with E-state index in [4.69, 9.17) is 4.42 Å². The van der Waals surface area contributed by atoms with Gasteiger partial charge < -0.3 is 4.42 Å². The zero-order valence-corrected chi connectivity index (χ0v) is 10.2. The van der Waals surface area contributed by atoms with Crippen molar-refractivity contribution in [1.29, 1.82) is 0 Å². The summed E-state index contributed by atoms with van der Waals surface area (Å²) in [7, 11) is 0. The van der Waals surface area contributed by atoms with Crippen LogP contribution >= 0.6 is 0 Å². The van der Waals surface area contributed by atoms with Crippen molar-refractivity contribution in [1.82, 2.24) is 0 Å². The largest absolute Gasteiger partial charge is 0.423 e. The average Bonchev–Trinajstić information content (AvgIpc) is 2.45. The number of fused-ring (bicyclic) bond motifs is 1. The maximum atomic E-state index is 11.2. The van der Waals surface area contributed by atoms with E-state index in [0.717, 1.165) is 16.5 Å². The van der Waals surface area contributed by atoms with Gasteiger partial charge in [0.25, 0.3) is 0 Å². The van der Waals surface area contributed by atoms with E-state index in [1.807, 2.05) is 54.6 Å². The molecule has 92 valence electrons. The minimum Gasteiger partial charge on any atom is -0.423 e. The van der Waals surface area contributed by atoms with Gasteiger partial charge in [0, 0.05) is 11.5 Å². The second-order valence-electron chi connectivity index (χ2n) is 4.26. The monoisotopic (exact) mass is 248 g/mol. The molecule has 1 aromatic heterocycles. The highest BCUT2D eigenvalue weighted by atomic mass is 16.4. The normalized spacial score (nSPS) is 11.2. The summed E-state index contributed by atoms with van der Waals surface area (Å²) < 4.78 is 5.16. The Kier molecular flexibility index (Phi) is 2.99. The SMILES string of the molecule is O=c1ccc2c(/C=C/c3ccccc3)cccc2o1. The molecule has 2 aromatic carbocycles. The number of hydrogen-bond acceptors (Lipinski definition) is 2. The molecule has 0 unspecified atom stereocenters. The van der Waals surface area contributed by atoms with Gasteiger partial charge in [-0.3, -0.25) is 0 Å². The summed E-state index contributed by atoms with van der Waals surface area (Å²) >= 11 is 0. The van der Waals surface area contributed by atoms with Gasteiger partial charge in [-0.25, -0.2) is 4.79 Å². The number of hydrogen-bond donors (Lipinski definition) is 0. The maximum Gasteiger partial charge on any atom is 0.336 e. The van der Waals surface area contributed by atoms with Crippen LogP contribution in [0.3, 0.4) is 0 Å². The van der Waals surface area contributed by atoms with Crippen LogP contribution < -0.4 is 5.63 Å². The predicted molar refractivity (Wildman–Crippen MR) is 77.9 cm³/mol. The fourth-order valence-electron chi connectivity index (χ4n) is 2.02. The molecule has 0 aliphatic rings. The standard InChI is InChI=1S/C17H12O2/c18-17-12-11-15-14(7-4-8-16(15)19-17)10-9-13-5-2-1-3-6-13/h1-12H/b10-9+. The van der Waals surface area contributed by atoms with Crippen LogP contribution in [0.2, 0.25) is 0 Å². The van der Waals surface area contributed by atoms with Gasteiger partial charge in [-0.15, -0.1) is 0 Å². The summed E-state index contributed by atoms with van der Waals surface area (Å²) in [6.45, 7) is 0. The second-order valence-corrected chi connectivity index (χ2v) is 4.26. The summed E-state index contributed by atoms with van der Waals surface area (Å²) in [4.78, 5) is 11.2. The van der Waals surface area contributed by atoms with Gasteiger partial charge in [-0.05, 0) is 23.3 Å². The van der Waals surface area contributed by atoms with Crippen LogP contribution in [0.4, 0.5) is 0 Å². The molecule has 3 aromatic rings. The van der Waals surface area contributed by atoms with Crippen LogP contribution in [0, 0.1) is 0 Å². The molecule has 0 fully saturated rings. The van der Waals surface area contributed by atoms with Crippen LogP contribution in [-0.2, 0) is 0 Å². The molecule has 0 saturated carbocycles. The van der Waals surface area contributed by atoms with E-state index < -0.39 is 0 Å². The summed E-state index contributed by atoms with van der Waals surface area (Å²) in [6.07, 6.45) is 4.07. The lowest BCUT2D eigenvalue weighted by atomic mass is 10.1. The first kappa shape index (κ1) is 11.5. The van der Waals surface area contributed by atoms with E-state index in [1.54, 1.807) is 12.1 Å². The highest BCUT2D eigenvalue weighted by molar-refractivity contribution is 5.89. The molecular formula is C17H12O2. The van der Waals surface area contributed by atoms with E-state index in [2.05, 4.69) is 0 Å². The third-order valence-electron chi connectivity index (χ3n) is 2.95. The summed E-state index contributed by atoms with van der Waals surface area (Å²) in [5, 5.41) is 0.939. The fraction of sp³-hybridized carbons (Fsp3) is 0. The van der Waals surface area contributed by atoms with Gasteiger partial charge in [0.1, 0.15) is 5.58 Å². The van der Waals surface area contributed by atoms with Crippen LogP contribution in [0.15, 0.2) is 69.9 Å². The summed E-state index contributed by atoms with van der Waals surface area (Å²) in [5.74, 6) is 0. The van der Waals surface area contributed by atoms with Crippen molar-refractivity contribution < 1.29 is 4.42 Å². The van der Waals surface area contributed by atoms with Crippen molar-refractivity contribution in [2.75, 3.05) is 0 Å². The first-order valence-corrected chi connectivity index (χ1v) is 6.09. The van der Waals surface area contributed by atoms with E-state index >= 15 is 0 Å². The van der Waals surface area contributed by atoms with E-state index in [-0.39, 0.29) is 5.63 Å². The zero-order chi connectivity index (χ0) is 13.1. The van der Waals surface area contributed by atoms with E-state index in [9.17, 15) is 4.79 Å². The molecule has 0 aliphatic heterocycles. The topological polar surface area (TPSA) is 30.2 Å². The third kappa shape index (κ3) is 2.47. The van der Waals surface area contributed by atoms with E-state index in [1.165, 1.54) is 6.07 Å². The quantitative estimate of drug-likeness (QED) is 0.507. The molecule has 0 saturated heterocycles. The van der Waals surface area contributed by atoms with Crippen molar-refractivity contribution in [2.45, 2.75) is 0 Å². The summed E-state index contributed by atoms with van der Waals surface area (Å²) in [6, 6.07) is 19.0. The van der Waals surface area contributed by atoms with Gasteiger partial charge >= 0.3 is 5.63 Å². The molecule has 2 heteroatoms. The van der Waals surface area contributed by atoms with Crippen molar-refractivity contribution in [3.05, 3.63) is 82.2 Å². The molecule has 1 heterocycles. The van der Waals surface area contributed by atoms with Crippen molar-refractivity contribution >= 4 is 23.1 Å². The van der Waals surface area contributed by atoms with Gasteiger partial charge in [-0.2, -0.15) is 0 Å². The Morgan fingerprint density at radius 2 is 1.63 bits per heavy atom. The maximum absolute atomic E-state index is 11.2. The molecule has 0 N–H and O–H groups in total. The molecule has 0 radical (unpaired) electrons. The van der Waals surface area contributed by atoms with Crippen molar-refractivity contribution in [2.24, 2.45) is 0 Å². The Labute approximate surface area is 110 Å². The van der Waals surface area contributed by atoms with E-state index in [0.29, 0.717) is 5.58 Å². The van der Waals surface area contributed by atoms with Crippen LogP contribution in [0.25, 0.3) is 23.1 Å². The first-order valence-electron chi connectivity index (χ1n) is 6.09. The highest BCUT2D eigenvalue weighted by Gasteiger charge is 2.00. The fourth-order valence-corrected chi connectivity index (χ4v) is 2.02. The molecule has 0 amide bonds. The van der Waals surface area contributed by atoms with Gasteiger partial charge in [0.05, 0.1) is 0 Å². The lowest BCUT2D eigenvalue weighted by molar-refractivity contribution is 0.561. The number of benzene rings is 2. The Morgan fingerprint density at radius 1 is 0.789 bits per heavy atom. The summed E-state index contributed by atoms with van der Waals surface area (Å²) in [5.41, 5.74) is 2.46. The minimum atomic E-state index is -0.323. The lowest BCUT2D eigenvalue weighted by Crippen LogP contribution is -1.94. The lowest BCUT2D eigenvalue weighted by Gasteiger charge is -2.00. The van der Waals surface area contributed by atoms with Crippen molar-refractivity contribution in [3.63, 3.8) is 0 Å².